The van der Waals surface area contributed by atoms with Crippen LogP contribution >= 0.6 is 11.3 Å². The van der Waals surface area contributed by atoms with Gasteiger partial charge in [-0.15, -0.1) is 11.3 Å². The average Bonchev–Trinajstić information content (AvgIpc) is 3.77. The number of amides is 1. The maximum Gasteiger partial charge on any atom is 0.228 e. The van der Waals surface area contributed by atoms with Crippen molar-refractivity contribution in [1.82, 2.24) is 28.9 Å². The first-order valence-electron chi connectivity index (χ1n) is 13.3. The molecule has 204 valence electrons. The lowest BCUT2D eigenvalue weighted by molar-refractivity contribution is -0.115. The van der Waals surface area contributed by atoms with Crippen molar-refractivity contribution in [3.63, 3.8) is 0 Å². The molecule has 0 saturated heterocycles. The predicted octanol–water partition coefficient (Wildman–Crippen LogP) is 6.63. The number of thiazole rings is 1. The monoisotopic (exact) mass is 568 g/mol. The summed E-state index contributed by atoms with van der Waals surface area (Å²) in [6, 6.07) is 27.3. The zero-order chi connectivity index (χ0) is 28.3. The standard InChI is InChI=1S/C32H24N8OS/c41-28(19-22-5-2-1-3-6-22)35-25-8-4-7-23(20-25)29-30(40-17-18-42-32(40)38-29)27-13-14-34-31(37-27)36-24-9-11-26(12-10-24)39-16-15-33-21-39/h1-18,20-21H,19H2,(H,35,41)(H,34,36,37). The molecule has 4 aromatic heterocycles. The number of hydrogen-bond donors (Lipinski definition) is 2. The summed E-state index contributed by atoms with van der Waals surface area (Å²) in [7, 11) is 0. The molecule has 42 heavy (non-hydrogen) atoms. The third-order valence-corrected chi connectivity index (χ3v) is 7.47. The van der Waals surface area contributed by atoms with Crippen LogP contribution in [0.25, 0.3) is 33.3 Å². The Balaban J connectivity index is 1.17. The highest BCUT2D eigenvalue weighted by molar-refractivity contribution is 7.15. The molecule has 0 atom stereocenters. The number of rotatable bonds is 8. The summed E-state index contributed by atoms with van der Waals surface area (Å²) in [4.78, 5) is 31.9. The van der Waals surface area contributed by atoms with Gasteiger partial charge in [0.05, 0.1) is 24.1 Å². The highest BCUT2D eigenvalue weighted by Gasteiger charge is 2.19. The fourth-order valence-corrected chi connectivity index (χ4v) is 5.49. The number of nitrogens with one attached hydrogen (secondary N) is 2. The Morgan fingerprint density at radius 2 is 1.74 bits per heavy atom. The van der Waals surface area contributed by atoms with E-state index >= 15 is 0 Å². The van der Waals surface area contributed by atoms with E-state index in [0.29, 0.717) is 18.1 Å². The second kappa shape index (κ2) is 11.1. The minimum Gasteiger partial charge on any atom is -0.326 e. The van der Waals surface area contributed by atoms with Crippen molar-refractivity contribution >= 4 is 39.5 Å². The van der Waals surface area contributed by atoms with E-state index in [2.05, 4.69) is 20.6 Å². The largest absolute Gasteiger partial charge is 0.326 e. The molecule has 3 aromatic carbocycles. The van der Waals surface area contributed by atoms with Gasteiger partial charge in [0.25, 0.3) is 0 Å². The fraction of sp³-hybridized carbons (Fsp3) is 0.0312. The SMILES string of the molecule is O=C(Cc1ccccc1)Nc1cccc(-c2nc3sccn3c2-c2ccnc(Nc3ccc(-n4ccnc4)cc3)n2)c1. The lowest BCUT2D eigenvalue weighted by atomic mass is 10.1. The van der Waals surface area contributed by atoms with Crippen molar-refractivity contribution in [2.24, 2.45) is 0 Å². The van der Waals surface area contributed by atoms with Crippen LogP contribution in [0.4, 0.5) is 17.3 Å². The summed E-state index contributed by atoms with van der Waals surface area (Å²) < 4.78 is 3.98. The van der Waals surface area contributed by atoms with Crippen LogP contribution in [0.3, 0.4) is 0 Å². The van der Waals surface area contributed by atoms with Crippen LogP contribution in [-0.2, 0) is 11.2 Å². The highest BCUT2D eigenvalue weighted by atomic mass is 32.1. The number of hydrogen-bond acceptors (Lipinski definition) is 7. The van der Waals surface area contributed by atoms with Gasteiger partial charge < -0.3 is 15.2 Å². The third kappa shape index (κ3) is 5.26. The van der Waals surface area contributed by atoms with E-state index in [9.17, 15) is 4.79 Å². The molecule has 1 amide bonds. The van der Waals surface area contributed by atoms with Crippen molar-refractivity contribution in [3.8, 4) is 28.3 Å². The van der Waals surface area contributed by atoms with Crippen LogP contribution in [0.15, 0.2) is 121 Å². The first kappa shape index (κ1) is 25.4. The van der Waals surface area contributed by atoms with Gasteiger partial charge in [-0.2, -0.15) is 0 Å². The first-order chi connectivity index (χ1) is 20.7. The van der Waals surface area contributed by atoms with Crippen molar-refractivity contribution in [1.29, 1.82) is 0 Å². The van der Waals surface area contributed by atoms with Crippen molar-refractivity contribution in [2.45, 2.75) is 6.42 Å². The van der Waals surface area contributed by atoms with Crippen LogP contribution in [0.5, 0.6) is 0 Å². The molecule has 7 aromatic rings. The molecule has 0 bridgehead atoms. The van der Waals surface area contributed by atoms with Gasteiger partial charge in [0.15, 0.2) is 4.96 Å². The van der Waals surface area contributed by atoms with E-state index in [-0.39, 0.29) is 5.91 Å². The molecule has 0 unspecified atom stereocenters. The van der Waals surface area contributed by atoms with Gasteiger partial charge in [0.1, 0.15) is 5.69 Å². The van der Waals surface area contributed by atoms with Crippen molar-refractivity contribution in [3.05, 3.63) is 127 Å². The van der Waals surface area contributed by atoms with Crippen LogP contribution in [-0.4, -0.2) is 34.8 Å². The smallest absolute Gasteiger partial charge is 0.228 e. The summed E-state index contributed by atoms with van der Waals surface area (Å²) in [5.41, 5.74) is 6.77. The number of imidazole rings is 2. The minimum absolute atomic E-state index is 0.0750. The molecule has 0 aliphatic rings. The molecular weight excluding hydrogens is 544 g/mol. The Hall–Kier alpha value is -5.61. The Bertz CT molecular complexity index is 1980. The number of carbonyl (C=O) groups is 1. The van der Waals surface area contributed by atoms with Crippen molar-refractivity contribution < 1.29 is 4.79 Å². The van der Waals surface area contributed by atoms with E-state index in [0.717, 1.165) is 44.5 Å². The number of nitrogens with zero attached hydrogens (tertiary/aromatic N) is 6. The summed E-state index contributed by atoms with van der Waals surface area (Å²) in [6.07, 6.45) is 9.44. The second-order valence-corrected chi connectivity index (χ2v) is 10.4. The molecule has 9 nitrogen and oxygen atoms in total. The van der Waals surface area contributed by atoms with Crippen LogP contribution in [0, 0.1) is 0 Å². The van der Waals surface area contributed by atoms with E-state index < -0.39 is 0 Å². The normalized spacial score (nSPS) is 11.0. The zero-order valence-electron chi connectivity index (χ0n) is 22.3. The molecule has 2 N–H and O–H groups in total. The molecule has 10 heteroatoms. The van der Waals surface area contributed by atoms with Gasteiger partial charge in [-0.25, -0.2) is 19.9 Å². The number of fused-ring (bicyclic) bond motifs is 1. The molecule has 0 aliphatic heterocycles. The molecular formula is C32H24N8OS. The Morgan fingerprint density at radius 3 is 2.57 bits per heavy atom. The molecule has 0 saturated carbocycles. The number of aromatic nitrogens is 6. The van der Waals surface area contributed by atoms with Crippen LogP contribution in [0.1, 0.15) is 5.56 Å². The molecule has 0 fully saturated rings. The average molecular weight is 569 g/mol. The lowest BCUT2D eigenvalue weighted by Crippen LogP contribution is -2.14. The minimum atomic E-state index is -0.0750. The van der Waals surface area contributed by atoms with E-state index in [1.807, 2.05) is 112 Å². The fourth-order valence-electron chi connectivity index (χ4n) is 4.77. The first-order valence-corrected chi connectivity index (χ1v) is 14.2. The van der Waals surface area contributed by atoms with Crippen molar-refractivity contribution in [2.75, 3.05) is 10.6 Å². The summed E-state index contributed by atoms with van der Waals surface area (Å²) >= 11 is 1.55. The van der Waals surface area contributed by atoms with Gasteiger partial charge >= 0.3 is 0 Å². The zero-order valence-corrected chi connectivity index (χ0v) is 23.1. The van der Waals surface area contributed by atoms with Gasteiger partial charge in [-0.3, -0.25) is 9.20 Å². The van der Waals surface area contributed by atoms with E-state index in [1.54, 1.807) is 30.1 Å². The Labute approximate surface area is 245 Å². The van der Waals surface area contributed by atoms with E-state index in [1.165, 1.54) is 0 Å². The molecule has 7 rings (SSSR count). The van der Waals surface area contributed by atoms with E-state index in [4.69, 9.17) is 9.97 Å². The summed E-state index contributed by atoms with van der Waals surface area (Å²) in [6.45, 7) is 0. The van der Waals surface area contributed by atoms with Crippen LogP contribution < -0.4 is 10.6 Å². The summed E-state index contributed by atoms with van der Waals surface area (Å²) in [5.74, 6) is 0.398. The van der Waals surface area contributed by atoms with Gasteiger partial charge in [-0.1, -0.05) is 42.5 Å². The molecule has 0 radical (unpaired) electrons. The maximum absolute atomic E-state index is 12.7. The quantitative estimate of drug-likeness (QED) is 0.213. The molecule has 0 spiro atoms. The molecule has 4 heterocycles. The Kier molecular flexibility index (Phi) is 6.71. The Morgan fingerprint density at radius 1 is 0.857 bits per heavy atom. The number of benzene rings is 3. The van der Waals surface area contributed by atoms with Gasteiger partial charge in [0, 0.05) is 52.8 Å². The number of carbonyl (C=O) groups excluding carboxylic acids is 1. The second-order valence-electron chi connectivity index (χ2n) is 9.56. The third-order valence-electron chi connectivity index (χ3n) is 6.71. The number of anilines is 3. The van der Waals surface area contributed by atoms with Gasteiger partial charge in [0.2, 0.25) is 11.9 Å². The summed E-state index contributed by atoms with van der Waals surface area (Å²) in [5, 5.41) is 8.33. The van der Waals surface area contributed by atoms with Crippen LogP contribution in [0.2, 0.25) is 0 Å². The predicted molar refractivity (Wildman–Crippen MR) is 165 cm³/mol. The lowest BCUT2D eigenvalue weighted by Gasteiger charge is -2.10. The molecule has 0 aliphatic carbocycles. The van der Waals surface area contributed by atoms with Gasteiger partial charge in [-0.05, 0) is 48.0 Å². The topological polar surface area (TPSA) is 102 Å². The maximum atomic E-state index is 12.7. The highest BCUT2D eigenvalue weighted by Crippen LogP contribution is 2.35.